The van der Waals surface area contributed by atoms with E-state index in [1.54, 1.807) is 6.07 Å². The van der Waals surface area contributed by atoms with E-state index in [-0.39, 0.29) is 18.0 Å². The molecular formula is C15H23FN2O. The van der Waals surface area contributed by atoms with Gasteiger partial charge in [-0.15, -0.1) is 0 Å². The zero-order valence-corrected chi connectivity index (χ0v) is 11.7. The molecule has 3 nitrogen and oxygen atoms in total. The molecule has 19 heavy (non-hydrogen) atoms. The maximum absolute atomic E-state index is 14.3. The molecule has 2 atom stereocenters. The monoisotopic (exact) mass is 266 g/mol. The molecule has 2 N–H and O–H groups in total. The van der Waals surface area contributed by atoms with Crippen LogP contribution in [0.4, 0.5) is 10.1 Å². The second kappa shape index (κ2) is 6.35. The van der Waals surface area contributed by atoms with Crippen LogP contribution >= 0.6 is 0 Å². The number of morpholine rings is 1. The molecule has 2 unspecified atom stereocenters. The summed E-state index contributed by atoms with van der Waals surface area (Å²) in [6.07, 6.45) is 1.82. The van der Waals surface area contributed by atoms with Gasteiger partial charge in [0.2, 0.25) is 0 Å². The van der Waals surface area contributed by atoms with Gasteiger partial charge in [-0.05, 0) is 44.0 Å². The van der Waals surface area contributed by atoms with Crippen LogP contribution in [0.2, 0.25) is 0 Å². The standard InChI is InChI=1S/C15H23FN2O/c1-3-13-10-19-11(2)9-18(13)15-5-4-12(6-7-17)8-14(15)16/h4-5,8,11,13H,3,6-7,9-10,17H2,1-2H3. The van der Waals surface area contributed by atoms with E-state index in [1.165, 1.54) is 0 Å². The molecule has 2 rings (SSSR count). The number of anilines is 1. The fourth-order valence-corrected chi connectivity index (χ4v) is 2.58. The molecule has 1 aromatic rings. The Morgan fingerprint density at radius 1 is 1.47 bits per heavy atom. The van der Waals surface area contributed by atoms with Crippen LogP contribution in [-0.2, 0) is 11.2 Å². The summed E-state index contributed by atoms with van der Waals surface area (Å²) in [5, 5.41) is 0. The molecule has 1 heterocycles. The van der Waals surface area contributed by atoms with E-state index in [4.69, 9.17) is 10.5 Å². The molecule has 0 bridgehead atoms. The molecule has 1 fully saturated rings. The summed E-state index contributed by atoms with van der Waals surface area (Å²) in [5.74, 6) is -0.154. The first kappa shape index (κ1) is 14.3. The molecule has 1 aliphatic rings. The van der Waals surface area contributed by atoms with Crippen molar-refractivity contribution in [3.05, 3.63) is 29.6 Å². The summed E-state index contributed by atoms with van der Waals surface area (Å²) in [7, 11) is 0. The lowest BCUT2D eigenvalue weighted by atomic mass is 10.1. The molecule has 106 valence electrons. The van der Waals surface area contributed by atoms with Gasteiger partial charge in [-0.1, -0.05) is 13.0 Å². The van der Waals surface area contributed by atoms with E-state index in [0.717, 1.165) is 18.5 Å². The number of rotatable bonds is 4. The molecule has 0 aromatic heterocycles. The smallest absolute Gasteiger partial charge is 0.146 e. The molecule has 1 aliphatic heterocycles. The average Bonchev–Trinajstić information content (AvgIpc) is 2.39. The van der Waals surface area contributed by atoms with Gasteiger partial charge in [0, 0.05) is 6.54 Å². The Hall–Kier alpha value is -1.13. The van der Waals surface area contributed by atoms with E-state index < -0.39 is 0 Å². The fourth-order valence-electron chi connectivity index (χ4n) is 2.58. The van der Waals surface area contributed by atoms with Crippen LogP contribution in [0.3, 0.4) is 0 Å². The minimum Gasteiger partial charge on any atom is -0.375 e. The van der Waals surface area contributed by atoms with Crippen molar-refractivity contribution < 1.29 is 9.13 Å². The highest BCUT2D eigenvalue weighted by Crippen LogP contribution is 2.27. The highest BCUT2D eigenvalue weighted by Gasteiger charge is 2.27. The third kappa shape index (κ3) is 3.25. The first-order chi connectivity index (χ1) is 9.15. The van der Waals surface area contributed by atoms with Gasteiger partial charge >= 0.3 is 0 Å². The van der Waals surface area contributed by atoms with Gasteiger partial charge in [0.05, 0.1) is 24.4 Å². The Balaban J connectivity index is 2.23. The number of nitrogens with zero attached hydrogens (tertiary/aromatic N) is 1. The molecule has 0 amide bonds. The summed E-state index contributed by atoms with van der Waals surface area (Å²) in [5.41, 5.74) is 7.14. The summed E-state index contributed by atoms with van der Waals surface area (Å²) in [4.78, 5) is 2.13. The largest absolute Gasteiger partial charge is 0.375 e. The first-order valence-electron chi connectivity index (χ1n) is 7.02. The summed E-state index contributed by atoms with van der Waals surface area (Å²) in [6, 6.07) is 5.71. The summed E-state index contributed by atoms with van der Waals surface area (Å²) in [6.45, 7) is 6.09. The lowest BCUT2D eigenvalue weighted by Crippen LogP contribution is -2.49. The Morgan fingerprint density at radius 2 is 2.26 bits per heavy atom. The van der Waals surface area contributed by atoms with Crippen LogP contribution in [0.5, 0.6) is 0 Å². The number of hydrogen-bond donors (Lipinski definition) is 1. The quantitative estimate of drug-likeness (QED) is 0.909. The zero-order chi connectivity index (χ0) is 13.8. The molecular weight excluding hydrogens is 243 g/mol. The van der Waals surface area contributed by atoms with E-state index in [2.05, 4.69) is 11.8 Å². The number of nitrogens with two attached hydrogens (primary N) is 1. The third-order valence-electron chi connectivity index (χ3n) is 3.69. The second-order valence-corrected chi connectivity index (χ2v) is 5.18. The van der Waals surface area contributed by atoms with E-state index in [9.17, 15) is 4.39 Å². The molecule has 4 heteroatoms. The van der Waals surface area contributed by atoms with Gasteiger partial charge in [-0.2, -0.15) is 0 Å². The van der Waals surface area contributed by atoms with E-state index in [0.29, 0.717) is 25.3 Å². The first-order valence-corrected chi connectivity index (χ1v) is 7.02. The third-order valence-corrected chi connectivity index (χ3v) is 3.69. The zero-order valence-electron chi connectivity index (χ0n) is 11.7. The molecule has 0 aliphatic carbocycles. The van der Waals surface area contributed by atoms with Crippen molar-refractivity contribution >= 4 is 5.69 Å². The van der Waals surface area contributed by atoms with E-state index in [1.807, 2.05) is 19.1 Å². The SMILES string of the molecule is CCC1COC(C)CN1c1ccc(CCN)cc1F. The van der Waals surface area contributed by atoms with Crippen molar-refractivity contribution in [3.63, 3.8) is 0 Å². The van der Waals surface area contributed by atoms with Crippen molar-refractivity contribution in [2.24, 2.45) is 5.73 Å². The van der Waals surface area contributed by atoms with Crippen LogP contribution in [0.15, 0.2) is 18.2 Å². The fraction of sp³-hybridized carbons (Fsp3) is 0.600. The Morgan fingerprint density at radius 3 is 2.89 bits per heavy atom. The van der Waals surface area contributed by atoms with Crippen molar-refractivity contribution in [1.82, 2.24) is 0 Å². The van der Waals surface area contributed by atoms with Gasteiger partial charge in [0.15, 0.2) is 0 Å². The van der Waals surface area contributed by atoms with Crippen molar-refractivity contribution in [3.8, 4) is 0 Å². The number of hydrogen-bond acceptors (Lipinski definition) is 3. The lowest BCUT2D eigenvalue weighted by Gasteiger charge is -2.40. The second-order valence-electron chi connectivity index (χ2n) is 5.18. The Bertz CT molecular complexity index is 425. The molecule has 0 radical (unpaired) electrons. The number of halogens is 1. The highest BCUT2D eigenvalue weighted by molar-refractivity contribution is 5.50. The topological polar surface area (TPSA) is 38.5 Å². The van der Waals surface area contributed by atoms with Crippen LogP contribution in [0, 0.1) is 5.82 Å². The number of benzene rings is 1. The molecule has 1 aromatic carbocycles. The van der Waals surface area contributed by atoms with Crippen LogP contribution < -0.4 is 10.6 Å². The van der Waals surface area contributed by atoms with Gasteiger partial charge in [-0.25, -0.2) is 4.39 Å². The lowest BCUT2D eigenvalue weighted by molar-refractivity contribution is 0.0297. The van der Waals surface area contributed by atoms with Crippen LogP contribution in [0.1, 0.15) is 25.8 Å². The van der Waals surface area contributed by atoms with Crippen LogP contribution in [-0.4, -0.2) is 31.8 Å². The summed E-state index contributed by atoms with van der Waals surface area (Å²) >= 11 is 0. The van der Waals surface area contributed by atoms with Crippen molar-refractivity contribution in [2.45, 2.75) is 38.8 Å². The Kier molecular flexibility index (Phi) is 4.77. The molecule has 0 saturated carbocycles. The average molecular weight is 266 g/mol. The van der Waals surface area contributed by atoms with Gasteiger partial charge in [-0.3, -0.25) is 0 Å². The summed E-state index contributed by atoms with van der Waals surface area (Å²) < 4.78 is 19.9. The predicted molar refractivity (Wildman–Crippen MR) is 76.0 cm³/mol. The van der Waals surface area contributed by atoms with E-state index >= 15 is 0 Å². The normalized spacial score (nSPS) is 23.7. The predicted octanol–water partition coefficient (Wildman–Crippen LogP) is 2.33. The maximum Gasteiger partial charge on any atom is 0.146 e. The minimum absolute atomic E-state index is 0.144. The van der Waals surface area contributed by atoms with Crippen LogP contribution in [0.25, 0.3) is 0 Å². The molecule has 0 spiro atoms. The van der Waals surface area contributed by atoms with Gasteiger partial charge < -0.3 is 15.4 Å². The Labute approximate surface area is 114 Å². The van der Waals surface area contributed by atoms with Gasteiger partial charge in [0.25, 0.3) is 0 Å². The van der Waals surface area contributed by atoms with Gasteiger partial charge in [0.1, 0.15) is 5.82 Å². The van der Waals surface area contributed by atoms with Crippen molar-refractivity contribution in [1.29, 1.82) is 0 Å². The van der Waals surface area contributed by atoms with Crippen molar-refractivity contribution in [2.75, 3.05) is 24.6 Å². The molecule has 1 saturated heterocycles. The maximum atomic E-state index is 14.3. The highest BCUT2D eigenvalue weighted by atomic mass is 19.1. The minimum atomic E-state index is -0.154. The number of ether oxygens (including phenoxy) is 1.